The van der Waals surface area contributed by atoms with Crippen LogP contribution in [0.15, 0.2) is 0 Å². The molecule has 5 heteroatoms. The van der Waals surface area contributed by atoms with E-state index in [0.29, 0.717) is 6.42 Å². The van der Waals surface area contributed by atoms with Gasteiger partial charge in [0.2, 0.25) is 0 Å². The second-order valence-electron chi connectivity index (χ2n) is 4.24. The molecule has 0 aromatic rings. The second-order valence-corrected chi connectivity index (χ2v) is 6.62. The molecule has 0 aromatic heterocycles. The summed E-state index contributed by atoms with van der Waals surface area (Å²) >= 11 is 1.99. The lowest BCUT2D eigenvalue weighted by molar-refractivity contribution is -0.152. The maximum absolute atomic E-state index is 11.4. The number of hydrogen-bond acceptors (Lipinski definition) is 4. The van der Waals surface area contributed by atoms with Crippen LogP contribution in [0.3, 0.4) is 0 Å². The number of carbonyl (C=O) groups excluding carboxylic acids is 2. The largest absolute Gasteiger partial charge is 0.469 e. The summed E-state index contributed by atoms with van der Waals surface area (Å²) in [5, 5.41) is 0. The lowest BCUT2D eigenvalue weighted by Gasteiger charge is -2.29. The molecule has 0 saturated heterocycles. The van der Waals surface area contributed by atoms with Crippen molar-refractivity contribution in [1.82, 2.24) is 0 Å². The van der Waals surface area contributed by atoms with Crippen LogP contribution in [0, 0.1) is 5.41 Å². The minimum absolute atomic E-state index is 0.325. The molecule has 4 nitrogen and oxygen atoms in total. The summed E-state index contributed by atoms with van der Waals surface area (Å²) in [6.45, 7) is 5.24. The highest BCUT2D eigenvalue weighted by molar-refractivity contribution is 14.1. The molecule has 0 aromatic carbocycles. The Morgan fingerprint density at radius 3 is 1.80 bits per heavy atom. The molecule has 1 unspecified atom stereocenters. The third kappa shape index (κ3) is 3.96. The molecule has 0 N–H and O–H groups in total. The van der Waals surface area contributed by atoms with Gasteiger partial charge in [-0.15, -0.1) is 0 Å². The lowest BCUT2D eigenvalue weighted by Crippen LogP contribution is -2.38. The summed E-state index contributed by atoms with van der Waals surface area (Å²) in [5.74, 6) is -0.658. The van der Waals surface area contributed by atoms with Gasteiger partial charge < -0.3 is 9.47 Å². The van der Waals surface area contributed by atoms with Gasteiger partial charge in [0, 0.05) is 0 Å². The monoisotopic (exact) mass is 328 g/mol. The summed E-state index contributed by atoms with van der Waals surface area (Å²) in [6.07, 6.45) is 0.375. The van der Waals surface area contributed by atoms with Gasteiger partial charge in [0.1, 0.15) is 3.42 Å². The minimum atomic E-state index is -0.718. The maximum Gasteiger partial charge on any atom is 0.321 e. The first-order valence-corrected chi connectivity index (χ1v) is 5.61. The zero-order valence-electron chi connectivity index (χ0n) is 9.72. The summed E-state index contributed by atoms with van der Waals surface area (Å²) in [5.41, 5.74) is -0.696. The van der Waals surface area contributed by atoms with Gasteiger partial charge in [0.25, 0.3) is 0 Å². The molecule has 0 heterocycles. The molecule has 0 fully saturated rings. The summed E-state index contributed by atoms with van der Waals surface area (Å²) in [6, 6.07) is 0. The van der Waals surface area contributed by atoms with Crippen LogP contribution in [-0.4, -0.2) is 29.6 Å². The Kier molecular flexibility index (Phi) is 5.02. The molecule has 0 rings (SSSR count). The first-order chi connectivity index (χ1) is 6.67. The quantitative estimate of drug-likeness (QED) is 0.450. The van der Waals surface area contributed by atoms with Gasteiger partial charge in [-0.1, -0.05) is 22.6 Å². The number of halogens is 1. The van der Waals surface area contributed by atoms with E-state index in [0.717, 1.165) is 0 Å². The number of methoxy groups -OCH3 is 2. The molecule has 1 atom stereocenters. The van der Waals surface area contributed by atoms with Crippen molar-refractivity contribution in [3.63, 3.8) is 0 Å². The fourth-order valence-electron chi connectivity index (χ4n) is 1.46. The standard InChI is InChI=1S/C10H17IO4/c1-9(2,7(12)14-4)6-10(3,11)8(13)15-5/h6H2,1-5H3. The van der Waals surface area contributed by atoms with Crippen molar-refractivity contribution in [3.8, 4) is 0 Å². The molecule has 0 spiro atoms. The number of hydrogen-bond donors (Lipinski definition) is 0. The summed E-state index contributed by atoms with van der Waals surface area (Å²) in [7, 11) is 2.68. The van der Waals surface area contributed by atoms with Crippen molar-refractivity contribution >= 4 is 34.5 Å². The Hall–Kier alpha value is -0.330. The van der Waals surface area contributed by atoms with Crippen molar-refractivity contribution in [2.75, 3.05) is 14.2 Å². The molecule has 0 saturated carbocycles. The first-order valence-electron chi connectivity index (χ1n) is 4.53. The van der Waals surface area contributed by atoms with Crippen LogP contribution >= 0.6 is 22.6 Å². The third-order valence-corrected chi connectivity index (χ3v) is 2.94. The molecule has 0 amide bonds. The number of ether oxygens (including phenoxy) is 2. The summed E-state index contributed by atoms with van der Waals surface area (Å²) < 4.78 is 8.64. The highest BCUT2D eigenvalue weighted by atomic mass is 127. The van der Waals surface area contributed by atoms with E-state index in [1.807, 2.05) is 22.6 Å². The lowest BCUT2D eigenvalue weighted by atomic mass is 9.83. The third-order valence-electron chi connectivity index (χ3n) is 2.12. The van der Waals surface area contributed by atoms with Gasteiger partial charge in [-0.3, -0.25) is 9.59 Å². The number of alkyl halides is 1. The predicted octanol–water partition coefficient (Wildman–Crippen LogP) is 1.94. The summed E-state index contributed by atoms with van der Waals surface area (Å²) in [4.78, 5) is 22.9. The van der Waals surface area contributed by atoms with Crippen LogP contribution in [0.2, 0.25) is 0 Å². The van der Waals surface area contributed by atoms with Crippen molar-refractivity contribution < 1.29 is 19.1 Å². The first kappa shape index (κ1) is 14.7. The zero-order valence-corrected chi connectivity index (χ0v) is 11.9. The van der Waals surface area contributed by atoms with E-state index in [4.69, 9.17) is 0 Å². The normalized spacial score (nSPS) is 15.3. The highest BCUT2D eigenvalue weighted by Gasteiger charge is 2.41. The Bertz CT molecular complexity index is 232. The van der Waals surface area contributed by atoms with Crippen LogP contribution in [-0.2, 0) is 19.1 Å². The molecule has 0 aliphatic rings. The van der Waals surface area contributed by atoms with Crippen molar-refractivity contribution in [2.24, 2.45) is 5.41 Å². The number of carbonyl (C=O) groups is 2. The van der Waals surface area contributed by atoms with Crippen molar-refractivity contribution in [1.29, 1.82) is 0 Å². The maximum atomic E-state index is 11.4. The van der Waals surface area contributed by atoms with Gasteiger partial charge in [-0.05, 0) is 27.2 Å². The van der Waals surface area contributed by atoms with E-state index in [1.165, 1.54) is 14.2 Å². The van der Waals surface area contributed by atoms with E-state index in [2.05, 4.69) is 9.47 Å². The molecule has 0 bridgehead atoms. The molecule has 0 aliphatic heterocycles. The van der Waals surface area contributed by atoms with E-state index >= 15 is 0 Å². The van der Waals surface area contributed by atoms with Crippen LogP contribution < -0.4 is 0 Å². The topological polar surface area (TPSA) is 52.6 Å². The van der Waals surface area contributed by atoms with Gasteiger partial charge in [-0.2, -0.15) is 0 Å². The average molecular weight is 328 g/mol. The van der Waals surface area contributed by atoms with Crippen LogP contribution in [0.1, 0.15) is 27.2 Å². The molecule has 0 aliphatic carbocycles. The Labute approximate surface area is 104 Å². The van der Waals surface area contributed by atoms with E-state index in [1.54, 1.807) is 20.8 Å². The predicted molar refractivity (Wildman–Crippen MR) is 64.9 cm³/mol. The minimum Gasteiger partial charge on any atom is -0.469 e. The fraction of sp³-hybridized carbons (Fsp3) is 0.800. The Balaban J connectivity index is 4.71. The van der Waals surface area contributed by atoms with Crippen molar-refractivity contribution in [2.45, 2.75) is 30.6 Å². The molecule has 15 heavy (non-hydrogen) atoms. The average Bonchev–Trinajstić information content (AvgIpc) is 2.13. The van der Waals surface area contributed by atoms with Crippen molar-refractivity contribution in [3.05, 3.63) is 0 Å². The molecular formula is C10H17IO4. The van der Waals surface area contributed by atoms with Gasteiger partial charge in [-0.25, -0.2) is 0 Å². The number of esters is 2. The highest BCUT2D eigenvalue weighted by Crippen LogP contribution is 2.35. The molecule has 0 radical (unpaired) electrons. The Morgan fingerprint density at radius 2 is 1.47 bits per heavy atom. The van der Waals surface area contributed by atoms with Gasteiger partial charge >= 0.3 is 11.9 Å². The smallest absolute Gasteiger partial charge is 0.321 e. The zero-order chi connectivity index (χ0) is 12.3. The molecular weight excluding hydrogens is 311 g/mol. The van der Waals surface area contributed by atoms with Crippen LogP contribution in [0.25, 0.3) is 0 Å². The second kappa shape index (κ2) is 5.14. The van der Waals surface area contributed by atoms with Gasteiger partial charge in [0.05, 0.1) is 19.6 Å². The SMILES string of the molecule is COC(=O)C(C)(C)CC(C)(I)C(=O)OC. The van der Waals surface area contributed by atoms with Crippen LogP contribution in [0.5, 0.6) is 0 Å². The fourth-order valence-corrected chi connectivity index (χ4v) is 2.64. The number of rotatable bonds is 4. The van der Waals surface area contributed by atoms with E-state index < -0.39 is 8.84 Å². The van der Waals surface area contributed by atoms with E-state index in [9.17, 15) is 9.59 Å². The van der Waals surface area contributed by atoms with Crippen LogP contribution in [0.4, 0.5) is 0 Å². The van der Waals surface area contributed by atoms with Gasteiger partial charge in [0.15, 0.2) is 0 Å². The van der Waals surface area contributed by atoms with E-state index in [-0.39, 0.29) is 11.9 Å². The molecule has 88 valence electrons. The Morgan fingerprint density at radius 1 is 1.07 bits per heavy atom.